The van der Waals surface area contributed by atoms with Crippen molar-refractivity contribution in [3.8, 4) is 5.75 Å². The van der Waals surface area contributed by atoms with Crippen LogP contribution in [0.25, 0.3) is 0 Å². The number of nitrogens with one attached hydrogen (secondary N) is 1. The number of halogens is 1. The van der Waals surface area contributed by atoms with E-state index in [2.05, 4.69) is 34.4 Å². The van der Waals surface area contributed by atoms with E-state index in [9.17, 15) is 14.1 Å². The lowest BCUT2D eigenvalue weighted by Crippen LogP contribution is -2.49. The van der Waals surface area contributed by atoms with Crippen LogP contribution in [-0.4, -0.2) is 53.3 Å². The molecule has 1 spiro atoms. The van der Waals surface area contributed by atoms with Crippen LogP contribution < -0.4 is 20.1 Å². The van der Waals surface area contributed by atoms with Gasteiger partial charge in [-0.2, -0.15) is 0 Å². The van der Waals surface area contributed by atoms with Gasteiger partial charge in [0.1, 0.15) is 16.7 Å². The number of hydrogen-bond acceptors (Lipinski definition) is 6. The fourth-order valence-corrected chi connectivity index (χ4v) is 8.66. The standard InChI is InChI=1S/C32H41ClN2O4S.CH5N/c1-20-5-3-7-29(36)26-11-8-24(26)17-35-18-32(14-4-6-22-15-25(33)10-12-27(22)32)19-39-30-13-9-23(16-28(30)35)31(37)34-40(38)21(20)2;1-2/h9-10,12-13,15-16,20-21,24,26,29,36H,3-8,11,14,17-19H2,1-2H3,(H,34,37);2H2,1H3. The van der Waals surface area contributed by atoms with Crippen LogP contribution in [0, 0.1) is 17.8 Å². The Bertz CT molecular complexity index is 1310. The molecule has 230 valence electrons. The van der Waals surface area contributed by atoms with Crippen LogP contribution in [0.5, 0.6) is 5.75 Å². The number of hydrogen-bond donors (Lipinski definition) is 3. The summed E-state index contributed by atoms with van der Waals surface area (Å²) in [5.74, 6) is 1.30. The lowest BCUT2D eigenvalue weighted by molar-refractivity contribution is 0.00857. The first-order chi connectivity index (χ1) is 20.2. The molecule has 2 aliphatic heterocycles. The van der Waals surface area contributed by atoms with Gasteiger partial charge in [-0.05, 0) is 118 Å². The Morgan fingerprint density at radius 1 is 1.10 bits per heavy atom. The van der Waals surface area contributed by atoms with Crippen LogP contribution >= 0.6 is 11.6 Å². The highest BCUT2D eigenvalue weighted by Crippen LogP contribution is 2.47. The van der Waals surface area contributed by atoms with E-state index in [0.717, 1.165) is 80.9 Å². The third-order valence-electron chi connectivity index (χ3n) is 10.2. The Kier molecular flexibility index (Phi) is 9.87. The number of amides is 1. The Morgan fingerprint density at radius 2 is 1.90 bits per heavy atom. The minimum absolute atomic E-state index is 0.175. The van der Waals surface area contributed by atoms with Gasteiger partial charge in [-0.15, -0.1) is 0 Å². The van der Waals surface area contributed by atoms with Crippen LogP contribution in [0.3, 0.4) is 0 Å². The van der Waals surface area contributed by atoms with E-state index in [1.54, 1.807) is 6.07 Å². The van der Waals surface area contributed by atoms with E-state index >= 15 is 0 Å². The minimum atomic E-state index is -1.50. The van der Waals surface area contributed by atoms with Crippen molar-refractivity contribution in [1.82, 2.24) is 4.72 Å². The number of aliphatic hydroxyl groups excluding tert-OH is 1. The molecule has 1 saturated carbocycles. The topological polar surface area (TPSA) is 105 Å². The van der Waals surface area contributed by atoms with Crippen LogP contribution in [0.1, 0.15) is 80.3 Å². The molecule has 7 nitrogen and oxygen atoms in total. The molecule has 7 unspecified atom stereocenters. The summed E-state index contributed by atoms with van der Waals surface area (Å²) in [6, 6.07) is 11.9. The van der Waals surface area contributed by atoms with Crippen molar-refractivity contribution in [2.45, 2.75) is 82.0 Å². The van der Waals surface area contributed by atoms with Crippen LogP contribution in [-0.2, 0) is 22.8 Å². The molecule has 6 rings (SSSR count). The Labute approximate surface area is 258 Å². The van der Waals surface area contributed by atoms with Crippen molar-refractivity contribution in [3.63, 3.8) is 0 Å². The summed E-state index contributed by atoms with van der Waals surface area (Å²) in [6.45, 7) is 6.17. The van der Waals surface area contributed by atoms with Gasteiger partial charge in [-0.3, -0.25) is 9.52 Å². The number of aryl methyl sites for hydroxylation is 1. The van der Waals surface area contributed by atoms with E-state index in [1.165, 1.54) is 18.2 Å². The highest BCUT2D eigenvalue weighted by Gasteiger charge is 2.44. The molecular formula is C33H46ClN3O4S. The third-order valence-corrected chi connectivity index (χ3v) is 12.0. The summed E-state index contributed by atoms with van der Waals surface area (Å²) in [6.07, 6.45) is 7.47. The summed E-state index contributed by atoms with van der Waals surface area (Å²) in [5, 5.41) is 11.8. The fourth-order valence-electron chi connectivity index (χ4n) is 7.42. The largest absolute Gasteiger partial charge is 0.490 e. The number of benzene rings is 2. The molecule has 2 aliphatic carbocycles. The Morgan fingerprint density at radius 3 is 2.67 bits per heavy atom. The molecule has 1 amide bonds. The first kappa shape index (κ1) is 31.3. The van der Waals surface area contributed by atoms with Crippen molar-refractivity contribution in [1.29, 1.82) is 0 Å². The third kappa shape index (κ3) is 6.23. The average molecular weight is 616 g/mol. The quantitative estimate of drug-likeness (QED) is 0.368. The van der Waals surface area contributed by atoms with E-state index in [1.807, 2.05) is 25.1 Å². The van der Waals surface area contributed by atoms with Crippen molar-refractivity contribution in [2.75, 3.05) is 31.6 Å². The SMILES string of the molecule is CC1CCCC(O)C2CCC2CN2CC3(CCCc4cc(Cl)ccc43)COc3ccc(cc32)C(=O)NS(=O)C1C.CN. The zero-order chi connectivity index (χ0) is 30.0. The first-order valence-electron chi connectivity index (χ1n) is 15.5. The van der Waals surface area contributed by atoms with Gasteiger partial charge in [0.25, 0.3) is 5.91 Å². The molecule has 2 bridgehead atoms. The normalized spacial score (nSPS) is 33.0. The van der Waals surface area contributed by atoms with Crippen LogP contribution in [0.15, 0.2) is 36.4 Å². The second kappa shape index (κ2) is 13.2. The number of nitrogens with zero attached hydrogens (tertiary/aromatic N) is 1. The molecule has 7 atom stereocenters. The highest BCUT2D eigenvalue weighted by molar-refractivity contribution is 7.84. The lowest BCUT2D eigenvalue weighted by Gasteiger charge is -2.46. The molecule has 9 heteroatoms. The smallest absolute Gasteiger partial charge is 0.263 e. The van der Waals surface area contributed by atoms with Crippen molar-refractivity contribution in [2.24, 2.45) is 23.5 Å². The average Bonchev–Trinajstić information content (AvgIpc) is 3.12. The predicted octanol–water partition coefficient (Wildman–Crippen LogP) is 5.38. The van der Waals surface area contributed by atoms with Gasteiger partial charge in [0, 0.05) is 29.1 Å². The Hall–Kier alpha value is -2.13. The fraction of sp³-hybridized carbons (Fsp3) is 0.606. The molecule has 0 aromatic heterocycles. The summed E-state index contributed by atoms with van der Waals surface area (Å²) in [7, 11) is 0.00361. The maximum absolute atomic E-state index is 13.3. The first-order valence-corrected chi connectivity index (χ1v) is 17.1. The molecule has 42 heavy (non-hydrogen) atoms. The van der Waals surface area contributed by atoms with Crippen molar-refractivity contribution < 1.29 is 18.8 Å². The van der Waals surface area contributed by atoms with Gasteiger partial charge < -0.3 is 20.5 Å². The number of carbonyl (C=O) groups excluding carboxylic acids is 1. The van der Waals surface area contributed by atoms with E-state index in [-0.39, 0.29) is 34.5 Å². The van der Waals surface area contributed by atoms with E-state index < -0.39 is 11.0 Å². The monoisotopic (exact) mass is 615 g/mol. The zero-order valence-electron chi connectivity index (χ0n) is 25.1. The molecular weight excluding hydrogens is 570 g/mol. The van der Waals surface area contributed by atoms with Gasteiger partial charge in [-0.1, -0.05) is 31.0 Å². The minimum Gasteiger partial charge on any atom is -0.490 e. The number of ether oxygens (including phenoxy) is 1. The van der Waals surface area contributed by atoms with Crippen molar-refractivity contribution >= 4 is 34.2 Å². The maximum Gasteiger partial charge on any atom is 0.263 e. The van der Waals surface area contributed by atoms with Gasteiger partial charge in [0.2, 0.25) is 0 Å². The summed E-state index contributed by atoms with van der Waals surface area (Å²) < 4.78 is 22.4. The molecule has 2 aromatic rings. The van der Waals surface area contributed by atoms with Crippen molar-refractivity contribution in [3.05, 3.63) is 58.1 Å². The second-order valence-electron chi connectivity index (χ2n) is 12.7. The number of rotatable bonds is 0. The van der Waals surface area contributed by atoms with Gasteiger partial charge >= 0.3 is 0 Å². The van der Waals surface area contributed by atoms with Gasteiger partial charge in [0.15, 0.2) is 0 Å². The summed E-state index contributed by atoms with van der Waals surface area (Å²) in [4.78, 5) is 15.7. The predicted molar refractivity (Wildman–Crippen MR) is 171 cm³/mol. The van der Waals surface area contributed by atoms with Crippen LogP contribution in [0.4, 0.5) is 5.69 Å². The number of carbonyl (C=O) groups is 1. The molecule has 4 N–H and O–H groups in total. The summed E-state index contributed by atoms with van der Waals surface area (Å²) in [5.41, 5.74) is 8.32. The molecule has 2 heterocycles. The number of aliphatic hydroxyl groups is 1. The van der Waals surface area contributed by atoms with E-state index in [4.69, 9.17) is 16.3 Å². The highest BCUT2D eigenvalue weighted by atomic mass is 35.5. The zero-order valence-corrected chi connectivity index (χ0v) is 26.7. The maximum atomic E-state index is 13.3. The molecule has 1 fully saturated rings. The number of anilines is 1. The van der Waals surface area contributed by atoms with E-state index in [0.29, 0.717) is 18.1 Å². The second-order valence-corrected chi connectivity index (χ2v) is 14.7. The number of fused-ring (bicyclic) bond motifs is 4. The van der Waals surface area contributed by atoms with Gasteiger partial charge in [-0.25, -0.2) is 4.21 Å². The van der Waals surface area contributed by atoms with Crippen LogP contribution in [0.2, 0.25) is 5.02 Å². The molecule has 4 aliphatic rings. The summed E-state index contributed by atoms with van der Waals surface area (Å²) >= 11 is 6.39. The molecule has 0 radical (unpaired) electrons. The number of nitrogens with two attached hydrogens (primary N) is 1. The molecule has 2 aromatic carbocycles. The lowest BCUT2D eigenvalue weighted by atomic mass is 9.68. The van der Waals surface area contributed by atoms with Gasteiger partial charge in [0.05, 0.1) is 23.6 Å². The molecule has 0 saturated heterocycles. The Balaban J connectivity index is 0.00000173.